The number of carbonyl (C=O) groups excluding carboxylic acids is 2. The molecule has 0 saturated carbocycles. The Hall–Kier alpha value is -2.23. The van der Waals surface area contributed by atoms with Crippen LogP contribution in [0, 0.1) is 0 Å². The van der Waals surface area contributed by atoms with Gasteiger partial charge in [-0.05, 0) is 55.5 Å². The van der Waals surface area contributed by atoms with Gasteiger partial charge in [0.2, 0.25) is 5.91 Å². The number of aromatic amines is 1. The fourth-order valence-corrected chi connectivity index (χ4v) is 5.18. The Bertz CT molecular complexity index is 959. The normalized spacial score (nSPS) is 17.9. The second-order valence-electron chi connectivity index (χ2n) is 8.46. The molecule has 0 bridgehead atoms. The molecular formula is C23H30ClN5O3S. The van der Waals surface area contributed by atoms with Crippen molar-refractivity contribution in [3.63, 3.8) is 0 Å². The van der Waals surface area contributed by atoms with Gasteiger partial charge in [0.05, 0.1) is 17.6 Å². The van der Waals surface area contributed by atoms with Gasteiger partial charge in [-0.25, -0.2) is 4.98 Å². The molecule has 4 rings (SSSR count). The Morgan fingerprint density at radius 1 is 1.30 bits per heavy atom. The summed E-state index contributed by atoms with van der Waals surface area (Å²) in [5, 5.41) is 7.14. The van der Waals surface area contributed by atoms with Crippen molar-refractivity contribution in [1.82, 2.24) is 25.5 Å². The zero-order chi connectivity index (χ0) is 23.3. The minimum atomic E-state index is -0.562. The molecular weight excluding hydrogens is 462 g/mol. The van der Waals surface area contributed by atoms with E-state index in [2.05, 4.69) is 20.6 Å². The van der Waals surface area contributed by atoms with Crippen LogP contribution in [-0.4, -0.2) is 71.0 Å². The van der Waals surface area contributed by atoms with E-state index in [1.807, 2.05) is 11.2 Å². The Kier molecular flexibility index (Phi) is 7.82. The van der Waals surface area contributed by atoms with Gasteiger partial charge in [-0.1, -0.05) is 11.6 Å². The van der Waals surface area contributed by atoms with E-state index in [4.69, 9.17) is 16.3 Å². The number of rotatable bonds is 8. The van der Waals surface area contributed by atoms with Crippen LogP contribution in [0.3, 0.4) is 0 Å². The number of likely N-dealkylation sites (tertiary alicyclic amines) is 1. The van der Waals surface area contributed by atoms with Gasteiger partial charge in [0, 0.05) is 36.8 Å². The van der Waals surface area contributed by atoms with Crippen LogP contribution in [-0.2, 0) is 21.5 Å². The number of nitrogens with zero attached hydrogens (tertiary/aromatic N) is 2. The summed E-state index contributed by atoms with van der Waals surface area (Å²) in [5.74, 6) is 0.996. The molecule has 2 aliphatic heterocycles. The first-order valence-electron chi connectivity index (χ1n) is 11.2. The van der Waals surface area contributed by atoms with Crippen molar-refractivity contribution < 1.29 is 14.3 Å². The zero-order valence-electron chi connectivity index (χ0n) is 18.7. The number of nitrogens with one attached hydrogen (secondary N) is 3. The van der Waals surface area contributed by atoms with E-state index in [1.165, 1.54) is 5.69 Å². The lowest BCUT2D eigenvalue weighted by Gasteiger charge is -2.44. The predicted molar refractivity (Wildman–Crippen MR) is 130 cm³/mol. The Balaban J connectivity index is 1.34. The van der Waals surface area contributed by atoms with Gasteiger partial charge in [-0.2, -0.15) is 11.8 Å². The van der Waals surface area contributed by atoms with E-state index in [1.54, 1.807) is 42.4 Å². The summed E-state index contributed by atoms with van der Waals surface area (Å²) in [4.78, 5) is 35.5. The van der Waals surface area contributed by atoms with Crippen LogP contribution in [0.25, 0.3) is 0 Å². The number of amides is 2. The van der Waals surface area contributed by atoms with Crippen molar-refractivity contribution in [3.8, 4) is 5.75 Å². The van der Waals surface area contributed by atoms with Crippen molar-refractivity contribution in [3.05, 3.63) is 47.0 Å². The number of halogens is 1. The number of imidazole rings is 1. The van der Waals surface area contributed by atoms with Crippen LogP contribution < -0.4 is 15.4 Å². The molecule has 1 fully saturated rings. The summed E-state index contributed by atoms with van der Waals surface area (Å²) < 4.78 is 5.54. The Morgan fingerprint density at radius 3 is 2.79 bits per heavy atom. The SMILES string of the molecule is CSCC[C@@H](NC(=O)COc1ccc(Cl)cc1)C(=O)N1CCC2(CC1)NCCc1[nH]cnc12. The van der Waals surface area contributed by atoms with Gasteiger partial charge in [-0.15, -0.1) is 0 Å². The second kappa shape index (κ2) is 10.8. The molecule has 1 aromatic carbocycles. The number of ether oxygens (including phenoxy) is 1. The van der Waals surface area contributed by atoms with E-state index >= 15 is 0 Å². The van der Waals surface area contributed by atoms with E-state index in [0.29, 0.717) is 30.3 Å². The lowest BCUT2D eigenvalue weighted by molar-refractivity contribution is -0.138. The molecule has 0 radical (unpaired) electrons. The van der Waals surface area contributed by atoms with Gasteiger partial charge in [0.15, 0.2) is 6.61 Å². The van der Waals surface area contributed by atoms with E-state index < -0.39 is 6.04 Å². The third-order valence-electron chi connectivity index (χ3n) is 6.37. The largest absolute Gasteiger partial charge is 0.484 e. The lowest BCUT2D eigenvalue weighted by atomic mass is 9.80. The number of hydrogen-bond acceptors (Lipinski definition) is 6. The highest BCUT2D eigenvalue weighted by atomic mass is 35.5. The number of thioether (sulfide) groups is 1. The number of hydrogen-bond donors (Lipinski definition) is 3. The van der Waals surface area contributed by atoms with Crippen LogP contribution in [0.1, 0.15) is 30.7 Å². The Morgan fingerprint density at radius 2 is 2.06 bits per heavy atom. The minimum absolute atomic E-state index is 0.0307. The van der Waals surface area contributed by atoms with Gasteiger partial charge >= 0.3 is 0 Å². The summed E-state index contributed by atoms with van der Waals surface area (Å²) in [7, 11) is 0. The maximum Gasteiger partial charge on any atom is 0.258 e. The van der Waals surface area contributed by atoms with E-state index in [0.717, 1.165) is 37.3 Å². The molecule has 178 valence electrons. The third-order valence-corrected chi connectivity index (χ3v) is 7.26. The highest BCUT2D eigenvalue weighted by Gasteiger charge is 2.42. The maximum absolute atomic E-state index is 13.3. The first kappa shape index (κ1) is 23.9. The minimum Gasteiger partial charge on any atom is -0.484 e. The van der Waals surface area contributed by atoms with Gasteiger partial charge < -0.3 is 25.3 Å². The number of H-pyrrole nitrogens is 1. The monoisotopic (exact) mass is 491 g/mol. The topological polar surface area (TPSA) is 99.4 Å². The molecule has 1 atom stereocenters. The van der Waals surface area contributed by atoms with E-state index in [-0.39, 0.29) is 24.0 Å². The average Bonchev–Trinajstić information content (AvgIpc) is 3.32. The molecule has 1 spiro atoms. The van der Waals surface area contributed by atoms with Gasteiger partial charge in [0.1, 0.15) is 11.8 Å². The lowest BCUT2D eigenvalue weighted by Crippen LogP contribution is -2.58. The highest BCUT2D eigenvalue weighted by molar-refractivity contribution is 7.98. The van der Waals surface area contributed by atoms with Gasteiger partial charge in [0.25, 0.3) is 5.91 Å². The summed E-state index contributed by atoms with van der Waals surface area (Å²) in [6.07, 6.45) is 6.89. The van der Waals surface area contributed by atoms with Gasteiger partial charge in [-0.3, -0.25) is 9.59 Å². The van der Waals surface area contributed by atoms with Crippen LogP contribution in [0.15, 0.2) is 30.6 Å². The van der Waals surface area contributed by atoms with Crippen LogP contribution in [0.2, 0.25) is 5.02 Å². The van der Waals surface area contributed by atoms with Crippen molar-refractivity contribution >= 4 is 35.2 Å². The van der Waals surface area contributed by atoms with Crippen LogP contribution in [0.4, 0.5) is 0 Å². The number of benzene rings is 1. The molecule has 2 amide bonds. The molecule has 8 nitrogen and oxygen atoms in total. The predicted octanol–water partition coefficient (Wildman–Crippen LogP) is 2.34. The van der Waals surface area contributed by atoms with Crippen LogP contribution >= 0.6 is 23.4 Å². The Labute approximate surface area is 203 Å². The first-order valence-corrected chi connectivity index (χ1v) is 13.0. The molecule has 2 aromatic rings. The van der Waals surface area contributed by atoms with Crippen molar-refractivity contribution in [2.75, 3.05) is 38.2 Å². The molecule has 3 N–H and O–H groups in total. The summed E-state index contributed by atoms with van der Waals surface area (Å²) in [6.45, 7) is 2.01. The molecule has 0 unspecified atom stereocenters. The molecule has 1 aromatic heterocycles. The molecule has 10 heteroatoms. The van der Waals surface area contributed by atoms with Crippen molar-refractivity contribution in [2.45, 2.75) is 37.3 Å². The quantitative estimate of drug-likeness (QED) is 0.524. The van der Waals surface area contributed by atoms with Crippen molar-refractivity contribution in [1.29, 1.82) is 0 Å². The maximum atomic E-state index is 13.3. The smallest absolute Gasteiger partial charge is 0.258 e. The summed E-state index contributed by atoms with van der Waals surface area (Å²) in [5.41, 5.74) is 2.11. The fourth-order valence-electron chi connectivity index (χ4n) is 4.59. The summed E-state index contributed by atoms with van der Waals surface area (Å²) in [6, 6.07) is 6.26. The number of fused-ring (bicyclic) bond motifs is 2. The molecule has 33 heavy (non-hydrogen) atoms. The standard InChI is InChI=1S/C23H30ClN5O3S/c1-33-13-7-19(28-20(30)14-32-17-4-2-16(24)3-5-17)22(31)29-11-8-23(9-12-29)21-18(6-10-27-23)25-15-26-21/h2-5,15,19,27H,6-14H2,1H3,(H,25,26)(H,28,30)/t19-/m1/s1. The van der Waals surface area contributed by atoms with E-state index in [9.17, 15) is 9.59 Å². The molecule has 3 heterocycles. The summed E-state index contributed by atoms with van der Waals surface area (Å²) >= 11 is 7.54. The molecule has 2 aliphatic rings. The van der Waals surface area contributed by atoms with Crippen LogP contribution in [0.5, 0.6) is 5.75 Å². The zero-order valence-corrected chi connectivity index (χ0v) is 20.3. The number of aromatic nitrogens is 2. The number of piperidine rings is 1. The molecule has 1 saturated heterocycles. The first-order chi connectivity index (χ1) is 16.0. The fraction of sp³-hybridized carbons (Fsp3) is 0.522. The highest BCUT2D eigenvalue weighted by Crippen LogP contribution is 2.36. The van der Waals surface area contributed by atoms with Crippen molar-refractivity contribution in [2.24, 2.45) is 0 Å². The third kappa shape index (κ3) is 5.65. The average molecular weight is 492 g/mol. The second-order valence-corrected chi connectivity index (χ2v) is 9.88. The molecule has 0 aliphatic carbocycles. The number of carbonyl (C=O) groups is 2.